The van der Waals surface area contributed by atoms with Gasteiger partial charge in [-0.05, 0) is 11.5 Å². The van der Waals surface area contributed by atoms with Gasteiger partial charge in [-0.25, -0.2) is 0 Å². The van der Waals surface area contributed by atoms with E-state index >= 15 is 0 Å². The molecule has 11 heavy (non-hydrogen) atoms. The summed E-state index contributed by atoms with van der Waals surface area (Å²) in [6, 6.07) is 7.83. The zero-order valence-corrected chi connectivity index (χ0v) is 6.58. The molecular formula is C9H10BO. The summed E-state index contributed by atoms with van der Waals surface area (Å²) < 4.78 is 5.12. The van der Waals surface area contributed by atoms with E-state index in [0.29, 0.717) is 0 Å². The molecule has 0 saturated heterocycles. The second kappa shape index (κ2) is 3.86. The van der Waals surface area contributed by atoms with Crippen LogP contribution >= 0.6 is 0 Å². The number of ether oxygens (including phenoxy) is 1. The van der Waals surface area contributed by atoms with E-state index in [-0.39, 0.29) is 0 Å². The summed E-state index contributed by atoms with van der Waals surface area (Å²) in [7, 11) is 3.58. The third-order valence-corrected chi connectivity index (χ3v) is 1.44. The fourth-order valence-corrected chi connectivity index (χ4v) is 0.931. The average molecular weight is 145 g/mol. The van der Waals surface area contributed by atoms with Crippen molar-refractivity contribution in [2.75, 3.05) is 7.11 Å². The third-order valence-electron chi connectivity index (χ3n) is 1.44. The maximum Gasteiger partial charge on any atom is 0.185 e. The Morgan fingerprint density at radius 2 is 2.18 bits per heavy atom. The molecule has 0 spiro atoms. The van der Waals surface area contributed by atoms with Gasteiger partial charge in [0, 0.05) is 0 Å². The van der Waals surface area contributed by atoms with Gasteiger partial charge < -0.3 is 4.74 Å². The molecule has 0 N–H and O–H groups in total. The molecule has 1 nitrogen and oxygen atoms in total. The Balaban J connectivity index is 2.92. The van der Waals surface area contributed by atoms with Crippen molar-refractivity contribution in [1.29, 1.82) is 0 Å². The van der Waals surface area contributed by atoms with Crippen LogP contribution in [-0.4, -0.2) is 14.4 Å². The molecule has 1 aromatic rings. The highest BCUT2D eigenvalue weighted by atomic mass is 16.5. The number of benzene rings is 1. The van der Waals surface area contributed by atoms with Gasteiger partial charge in [0.1, 0.15) is 5.75 Å². The molecule has 0 saturated carbocycles. The fraction of sp³-hybridized carbons (Fsp3) is 0.111. The number of hydrogen-bond acceptors (Lipinski definition) is 1. The highest BCUT2D eigenvalue weighted by Gasteiger charge is 1.98. The van der Waals surface area contributed by atoms with Crippen LogP contribution in [0.2, 0.25) is 0 Å². The number of rotatable bonds is 3. The smallest absolute Gasteiger partial charge is 0.185 e. The van der Waals surface area contributed by atoms with Gasteiger partial charge in [0.05, 0.1) is 7.11 Å². The van der Waals surface area contributed by atoms with Crippen LogP contribution in [0.25, 0.3) is 0 Å². The van der Waals surface area contributed by atoms with Gasteiger partial charge in [-0.15, -0.1) is 12.6 Å². The first-order valence-electron chi connectivity index (χ1n) is 3.47. The number of hydrogen-bond donors (Lipinski definition) is 0. The molecule has 0 unspecified atom stereocenters. The molecule has 1 aromatic carbocycles. The first-order chi connectivity index (χ1) is 5.38. The lowest BCUT2D eigenvalue weighted by Crippen LogP contribution is -2.14. The van der Waals surface area contributed by atoms with Crippen molar-refractivity contribution in [3.63, 3.8) is 0 Å². The van der Waals surface area contributed by atoms with E-state index in [1.807, 2.05) is 31.5 Å². The van der Waals surface area contributed by atoms with E-state index in [1.54, 1.807) is 13.1 Å². The molecule has 0 fully saturated rings. The molecule has 0 aliphatic carbocycles. The Bertz CT molecular complexity index is 245. The normalized spacial score (nSPS) is 8.82. The summed E-state index contributed by atoms with van der Waals surface area (Å²) in [4.78, 5) is 0. The molecule has 0 aromatic heterocycles. The maximum atomic E-state index is 5.12. The third kappa shape index (κ3) is 1.87. The van der Waals surface area contributed by atoms with Gasteiger partial charge in [0.15, 0.2) is 7.28 Å². The minimum atomic E-state index is 0.882. The van der Waals surface area contributed by atoms with Crippen molar-refractivity contribution in [3.8, 4) is 5.75 Å². The fourth-order valence-electron chi connectivity index (χ4n) is 0.931. The Morgan fingerprint density at radius 1 is 1.45 bits per heavy atom. The van der Waals surface area contributed by atoms with Gasteiger partial charge in [0.2, 0.25) is 0 Å². The lowest BCUT2D eigenvalue weighted by molar-refractivity contribution is 0.418. The molecule has 0 aliphatic rings. The molecule has 1 rings (SSSR count). The van der Waals surface area contributed by atoms with Crippen molar-refractivity contribution in [2.24, 2.45) is 0 Å². The van der Waals surface area contributed by atoms with Crippen LogP contribution in [0.4, 0.5) is 0 Å². The summed E-state index contributed by atoms with van der Waals surface area (Å²) in [6.07, 6.45) is 0. The van der Waals surface area contributed by atoms with E-state index in [9.17, 15) is 0 Å². The SMILES string of the molecule is C=C[B]c1ccccc1OC. The molecule has 0 aliphatic heterocycles. The number of methoxy groups -OCH3 is 1. The second-order valence-electron chi connectivity index (χ2n) is 2.14. The minimum absolute atomic E-state index is 0.882. The lowest BCUT2D eigenvalue weighted by Gasteiger charge is -2.03. The molecular weight excluding hydrogens is 135 g/mol. The standard InChI is InChI=1S/C9H10BO/c1-3-10-8-6-4-5-7-9(8)11-2/h3-7H,1H2,2H3. The highest BCUT2D eigenvalue weighted by Crippen LogP contribution is 2.03. The van der Waals surface area contributed by atoms with Crippen molar-refractivity contribution < 1.29 is 4.74 Å². The Kier molecular flexibility index (Phi) is 2.78. The molecule has 0 bridgehead atoms. The summed E-state index contributed by atoms with van der Waals surface area (Å²) >= 11 is 0. The average Bonchev–Trinajstić information content (AvgIpc) is 2.06. The highest BCUT2D eigenvalue weighted by molar-refractivity contribution is 6.59. The summed E-state index contributed by atoms with van der Waals surface area (Å²) in [5, 5.41) is 0. The second-order valence-corrected chi connectivity index (χ2v) is 2.14. The lowest BCUT2D eigenvalue weighted by atomic mass is 9.70. The zero-order chi connectivity index (χ0) is 8.10. The van der Waals surface area contributed by atoms with E-state index in [0.717, 1.165) is 11.2 Å². The molecule has 0 amide bonds. The van der Waals surface area contributed by atoms with Gasteiger partial charge in [-0.2, -0.15) is 0 Å². The van der Waals surface area contributed by atoms with E-state index in [1.165, 1.54) is 0 Å². The van der Waals surface area contributed by atoms with Crippen LogP contribution in [0.15, 0.2) is 36.8 Å². The first kappa shape index (κ1) is 7.93. The van der Waals surface area contributed by atoms with Crippen LogP contribution in [0.5, 0.6) is 5.75 Å². The quantitative estimate of drug-likeness (QED) is 0.580. The molecule has 0 atom stereocenters. The largest absolute Gasteiger partial charge is 0.497 e. The van der Waals surface area contributed by atoms with Crippen molar-refractivity contribution in [1.82, 2.24) is 0 Å². The molecule has 1 radical (unpaired) electrons. The van der Waals surface area contributed by atoms with Gasteiger partial charge in [-0.1, -0.05) is 18.2 Å². The Hall–Kier alpha value is -1.18. The van der Waals surface area contributed by atoms with E-state index in [2.05, 4.69) is 6.58 Å². The van der Waals surface area contributed by atoms with Gasteiger partial charge in [-0.3, -0.25) is 0 Å². The van der Waals surface area contributed by atoms with Crippen LogP contribution in [0.3, 0.4) is 0 Å². The number of para-hydroxylation sites is 1. The van der Waals surface area contributed by atoms with E-state index < -0.39 is 0 Å². The van der Waals surface area contributed by atoms with Gasteiger partial charge >= 0.3 is 0 Å². The summed E-state index contributed by atoms with van der Waals surface area (Å²) in [6.45, 7) is 3.62. The van der Waals surface area contributed by atoms with Crippen molar-refractivity contribution in [2.45, 2.75) is 0 Å². The van der Waals surface area contributed by atoms with Gasteiger partial charge in [0.25, 0.3) is 0 Å². The Labute approximate surface area is 67.9 Å². The molecule has 0 heterocycles. The zero-order valence-electron chi connectivity index (χ0n) is 6.58. The monoisotopic (exact) mass is 145 g/mol. The van der Waals surface area contributed by atoms with E-state index in [4.69, 9.17) is 4.74 Å². The van der Waals surface area contributed by atoms with Crippen LogP contribution in [-0.2, 0) is 0 Å². The molecule has 2 heteroatoms. The maximum absolute atomic E-state index is 5.12. The minimum Gasteiger partial charge on any atom is -0.497 e. The van der Waals surface area contributed by atoms with Crippen LogP contribution < -0.4 is 10.2 Å². The van der Waals surface area contributed by atoms with Crippen LogP contribution in [0, 0.1) is 0 Å². The Morgan fingerprint density at radius 3 is 2.82 bits per heavy atom. The molecule has 55 valence electrons. The first-order valence-corrected chi connectivity index (χ1v) is 3.47. The predicted octanol–water partition coefficient (Wildman–Crippen LogP) is 1.17. The summed E-state index contributed by atoms with van der Waals surface area (Å²) in [5.41, 5.74) is 1.06. The predicted molar refractivity (Wildman–Crippen MR) is 48.6 cm³/mol. The van der Waals surface area contributed by atoms with Crippen LogP contribution in [0.1, 0.15) is 0 Å². The van der Waals surface area contributed by atoms with Crippen molar-refractivity contribution >= 4 is 12.7 Å². The summed E-state index contributed by atoms with van der Waals surface area (Å²) in [5.74, 6) is 2.63. The topological polar surface area (TPSA) is 9.23 Å². The van der Waals surface area contributed by atoms with Crippen molar-refractivity contribution in [3.05, 3.63) is 36.8 Å².